The smallest absolute Gasteiger partial charge is 0.290 e. The molecule has 1 spiro atoms. The number of carboxylic acid groups (broad SMARTS) is 1. The Bertz CT molecular complexity index is 806. The first-order valence-electron chi connectivity index (χ1n) is 12.3. The van der Waals surface area contributed by atoms with Gasteiger partial charge in [0.2, 0.25) is 5.91 Å². The second-order valence-corrected chi connectivity index (χ2v) is 10.6. The fourth-order valence-corrected chi connectivity index (χ4v) is 6.13. The third-order valence-electron chi connectivity index (χ3n) is 8.61. The van der Waals surface area contributed by atoms with Crippen molar-refractivity contribution in [1.29, 1.82) is 0 Å². The molecule has 2 heterocycles. The monoisotopic (exact) mass is 442 g/mol. The number of carbonyl (C=O) groups excluding carboxylic acids is 1. The van der Waals surface area contributed by atoms with Crippen molar-refractivity contribution >= 4 is 12.4 Å². The van der Waals surface area contributed by atoms with E-state index >= 15 is 0 Å². The summed E-state index contributed by atoms with van der Waals surface area (Å²) in [5.41, 5.74) is 3.49. The normalized spacial score (nSPS) is 24.9. The lowest BCUT2D eigenvalue weighted by Gasteiger charge is -2.42. The van der Waals surface area contributed by atoms with Gasteiger partial charge < -0.3 is 20.0 Å². The van der Waals surface area contributed by atoms with Crippen molar-refractivity contribution in [2.24, 2.45) is 11.3 Å². The maximum Gasteiger partial charge on any atom is 0.290 e. The van der Waals surface area contributed by atoms with Crippen LogP contribution in [0.3, 0.4) is 0 Å². The topological polar surface area (TPSA) is 81.1 Å². The van der Waals surface area contributed by atoms with Gasteiger partial charge in [-0.1, -0.05) is 31.2 Å². The lowest BCUT2D eigenvalue weighted by atomic mass is 9.73. The predicted octanol–water partition coefficient (Wildman–Crippen LogP) is 3.07. The SMILES string of the molecule is CC1(C(=O)N2CCC(C(O)CN3CCC4(CCc5ccccc54)CC3)CC2)CC1.O=CO. The van der Waals surface area contributed by atoms with Gasteiger partial charge >= 0.3 is 0 Å². The van der Waals surface area contributed by atoms with E-state index in [-0.39, 0.29) is 18.0 Å². The number of likely N-dealkylation sites (tertiary alicyclic amines) is 2. The summed E-state index contributed by atoms with van der Waals surface area (Å²) in [6, 6.07) is 9.03. The van der Waals surface area contributed by atoms with E-state index in [2.05, 4.69) is 41.0 Å². The van der Waals surface area contributed by atoms with Crippen LogP contribution in [0.1, 0.15) is 63.0 Å². The van der Waals surface area contributed by atoms with Gasteiger partial charge in [-0.3, -0.25) is 9.59 Å². The molecule has 4 aliphatic rings. The molecule has 3 fully saturated rings. The molecule has 1 atom stereocenters. The number of aliphatic hydroxyl groups excluding tert-OH is 1. The molecule has 1 unspecified atom stereocenters. The molecular weight excluding hydrogens is 404 g/mol. The Kier molecular flexibility index (Phi) is 6.91. The van der Waals surface area contributed by atoms with Gasteiger partial charge in [-0.25, -0.2) is 0 Å². The van der Waals surface area contributed by atoms with Crippen molar-refractivity contribution in [1.82, 2.24) is 9.80 Å². The molecule has 1 saturated carbocycles. The summed E-state index contributed by atoms with van der Waals surface area (Å²) in [7, 11) is 0. The second-order valence-electron chi connectivity index (χ2n) is 10.6. The molecule has 2 aliphatic carbocycles. The van der Waals surface area contributed by atoms with Crippen molar-refractivity contribution in [3.8, 4) is 0 Å². The molecule has 6 heteroatoms. The van der Waals surface area contributed by atoms with Crippen LogP contribution in [0.15, 0.2) is 24.3 Å². The molecule has 0 radical (unpaired) electrons. The van der Waals surface area contributed by atoms with E-state index in [0.29, 0.717) is 17.2 Å². The summed E-state index contributed by atoms with van der Waals surface area (Å²) in [6.45, 7) is 6.50. The molecule has 6 nitrogen and oxygen atoms in total. The van der Waals surface area contributed by atoms with Crippen molar-refractivity contribution in [2.75, 3.05) is 32.7 Å². The van der Waals surface area contributed by atoms with Gasteiger partial charge in [0, 0.05) is 25.0 Å². The number of hydrogen-bond acceptors (Lipinski definition) is 4. The van der Waals surface area contributed by atoms with Crippen LogP contribution in [0.4, 0.5) is 0 Å². The van der Waals surface area contributed by atoms with Crippen molar-refractivity contribution in [3.63, 3.8) is 0 Å². The molecule has 0 aromatic heterocycles. The maximum absolute atomic E-state index is 12.5. The minimum absolute atomic E-state index is 0.0614. The van der Waals surface area contributed by atoms with Gasteiger partial charge in [0.15, 0.2) is 0 Å². The minimum Gasteiger partial charge on any atom is -0.483 e. The van der Waals surface area contributed by atoms with Gasteiger partial charge in [-0.05, 0) is 86.9 Å². The van der Waals surface area contributed by atoms with Crippen LogP contribution in [0, 0.1) is 11.3 Å². The predicted molar refractivity (Wildman–Crippen MR) is 123 cm³/mol. The van der Waals surface area contributed by atoms with Crippen molar-refractivity contribution in [2.45, 2.75) is 69.8 Å². The van der Waals surface area contributed by atoms with Crippen LogP contribution in [-0.2, 0) is 21.4 Å². The Labute approximate surface area is 191 Å². The molecule has 1 aromatic carbocycles. The number of piperidine rings is 2. The Morgan fingerprint density at radius 3 is 2.34 bits per heavy atom. The number of fused-ring (bicyclic) bond motifs is 2. The van der Waals surface area contributed by atoms with Gasteiger partial charge in [0.1, 0.15) is 0 Å². The summed E-state index contributed by atoms with van der Waals surface area (Å²) in [5, 5.41) is 17.8. The average Bonchev–Trinajstić information content (AvgIpc) is 3.48. The van der Waals surface area contributed by atoms with Crippen molar-refractivity contribution in [3.05, 3.63) is 35.4 Å². The molecule has 176 valence electrons. The summed E-state index contributed by atoms with van der Waals surface area (Å²) < 4.78 is 0. The van der Waals surface area contributed by atoms with Crippen LogP contribution in [0.25, 0.3) is 0 Å². The highest BCUT2D eigenvalue weighted by atomic mass is 16.3. The maximum atomic E-state index is 12.5. The van der Waals surface area contributed by atoms with Crippen molar-refractivity contribution < 1.29 is 19.8 Å². The number of β-amino-alcohol motifs (C(OH)–C–C–N with tert-alkyl or cyclic N) is 1. The Balaban J connectivity index is 0.000000775. The molecule has 2 saturated heterocycles. The van der Waals surface area contributed by atoms with E-state index in [0.717, 1.165) is 58.4 Å². The summed E-state index contributed by atoms with van der Waals surface area (Å²) in [6.07, 6.45) is 8.73. The van der Waals surface area contributed by atoms with Crippen LogP contribution in [0.5, 0.6) is 0 Å². The standard InChI is InChI=1S/C25H36N2O2.CH2O2/c1-24(10-11-24)23(29)27-14-7-20(8-15-27)22(28)18-26-16-12-25(13-17-26)9-6-19-4-2-3-5-21(19)25;2-1-3/h2-5,20,22,28H,6-18H2,1H3;1H,(H,2,3). The quantitative estimate of drug-likeness (QED) is 0.701. The van der Waals surface area contributed by atoms with Crippen LogP contribution >= 0.6 is 0 Å². The third-order valence-corrected chi connectivity index (χ3v) is 8.61. The summed E-state index contributed by atoms with van der Waals surface area (Å²) in [5.74, 6) is 0.692. The van der Waals surface area contributed by atoms with E-state index in [1.807, 2.05) is 0 Å². The minimum atomic E-state index is -0.256. The Hall–Kier alpha value is -1.92. The summed E-state index contributed by atoms with van der Waals surface area (Å²) in [4.78, 5) is 25.4. The lowest BCUT2D eigenvalue weighted by molar-refractivity contribution is -0.138. The first-order valence-corrected chi connectivity index (χ1v) is 12.3. The van der Waals surface area contributed by atoms with E-state index in [1.165, 1.54) is 25.7 Å². The zero-order valence-electron chi connectivity index (χ0n) is 19.3. The molecule has 1 aromatic rings. The van der Waals surface area contributed by atoms with Gasteiger partial charge in [0.05, 0.1) is 6.10 Å². The Morgan fingerprint density at radius 1 is 1.09 bits per heavy atom. The summed E-state index contributed by atoms with van der Waals surface area (Å²) >= 11 is 0. The number of rotatable bonds is 4. The number of aliphatic hydroxyl groups is 1. The number of carbonyl (C=O) groups is 2. The van der Waals surface area contributed by atoms with Crippen LogP contribution in [-0.4, -0.2) is 71.2 Å². The fraction of sp³-hybridized carbons (Fsp3) is 0.692. The molecule has 2 aliphatic heterocycles. The number of hydrogen-bond donors (Lipinski definition) is 2. The van der Waals surface area contributed by atoms with E-state index in [1.54, 1.807) is 11.1 Å². The first-order chi connectivity index (χ1) is 15.4. The van der Waals surface area contributed by atoms with Crippen LogP contribution in [0.2, 0.25) is 0 Å². The zero-order chi connectivity index (χ0) is 22.8. The molecule has 1 amide bonds. The number of benzene rings is 1. The molecule has 2 N–H and O–H groups in total. The Morgan fingerprint density at radius 2 is 1.72 bits per heavy atom. The largest absolute Gasteiger partial charge is 0.483 e. The zero-order valence-corrected chi connectivity index (χ0v) is 19.3. The fourth-order valence-electron chi connectivity index (χ4n) is 6.13. The van der Waals surface area contributed by atoms with E-state index < -0.39 is 0 Å². The third kappa shape index (κ3) is 4.72. The van der Waals surface area contributed by atoms with E-state index in [4.69, 9.17) is 9.90 Å². The average molecular weight is 443 g/mol. The number of nitrogens with zero attached hydrogens (tertiary/aromatic N) is 2. The number of aryl methyl sites for hydroxylation is 1. The lowest BCUT2D eigenvalue weighted by Crippen LogP contribution is -2.48. The second kappa shape index (κ2) is 9.52. The van der Waals surface area contributed by atoms with E-state index in [9.17, 15) is 9.90 Å². The highest BCUT2D eigenvalue weighted by molar-refractivity contribution is 5.84. The highest BCUT2D eigenvalue weighted by Gasteiger charge is 2.48. The molecule has 5 rings (SSSR count). The highest BCUT2D eigenvalue weighted by Crippen LogP contribution is 2.47. The number of amides is 1. The molecule has 32 heavy (non-hydrogen) atoms. The van der Waals surface area contributed by atoms with Gasteiger partial charge in [-0.15, -0.1) is 0 Å². The van der Waals surface area contributed by atoms with Gasteiger partial charge in [-0.2, -0.15) is 0 Å². The van der Waals surface area contributed by atoms with Gasteiger partial charge in [0.25, 0.3) is 6.47 Å². The molecule has 0 bridgehead atoms. The molecular formula is C26H38N2O4. The van der Waals surface area contributed by atoms with Crippen LogP contribution < -0.4 is 0 Å². The first kappa shape index (κ1) is 23.2.